The molecule has 36 heavy (non-hydrogen) atoms. The summed E-state index contributed by atoms with van der Waals surface area (Å²) >= 11 is 1.70. The second-order valence-corrected chi connectivity index (χ2v) is 9.70. The first-order valence-electron chi connectivity index (χ1n) is 12.2. The number of rotatable bonds is 9. The highest BCUT2D eigenvalue weighted by Gasteiger charge is 2.14. The number of anilines is 1. The van der Waals surface area contributed by atoms with Crippen molar-refractivity contribution in [2.45, 2.75) is 37.6 Å². The molecule has 0 spiro atoms. The summed E-state index contributed by atoms with van der Waals surface area (Å²) in [5, 5.41) is 8.98. The molecule has 5 aromatic rings. The number of benzene rings is 2. The number of nitrogens with zero attached hydrogens (tertiary/aromatic N) is 1. The number of nitrogens with one attached hydrogen (secondary N) is 3. The second kappa shape index (κ2) is 10.6. The number of hydrogen-bond donors (Lipinski definition) is 3. The van der Waals surface area contributed by atoms with Gasteiger partial charge in [-0.3, -0.25) is 9.78 Å². The Morgan fingerprint density at radius 1 is 1.14 bits per heavy atom. The number of hydrogen-bond acceptors (Lipinski definition) is 5. The lowest BCUT2D eigenvalue weighted by molar-refractivity contribution is 0.102. The number of aromatic nitrogens is 2. The second-order valence-electron chi connectivity index (χ2n) is 8.85. The van der Waals surface area contributed by atoms with E-state index in [0.717, 1.165) is 46.5 Å². The van der Waals surface area contributed by atoms with Crippen molar-refractivity contribution in [3.8, 4) is 0 Å². The largest absolute Gasteiger partial charge is 0.463 e. The number of furan rings is 1. The SMILES string of the molecule is CCc1[nH]c2ccc(NC(=O)c3ccccn3)cc2c1CCNC(C)c1ccc2occ(SC)c2c1. The number of amides is 1. The van der Waals surface area contributed by atoms with Gasteiger partial charge in [0, 0.05) is 39.9 Å². The van der Waals surface area contributed by atoms with E-state index in [0.29, 0.717) is 5.69 Å². The highest BCUT2D eigenvalue weighted by Crippen LogP contribution is 2.31. The van der Waals surface area contributed by atoms with Gasteiger partial charge >= 0.3 is 0 Å². The molecule has 0 saturated heterocycles. The molecule has 1 unspecified atom stereocenters. The first kappa shape index (κ1) is 24.2. The summed E-state index contributed by atoms with van der Waals surface area (Å²) < 4.78 is 5.66. The molecular formula is C29H30N4O2S. The van der Waals surface area contributed by atoms with Crippen molar-refractivity contribution in [3.63, 3.8) is 0 Å². The van der Waals surface area contributed by atoms with Crippen LogP contribution in [0.15, 0.2) is 76.4 Å². The first-order valence-corrected chi connectivity index (χ1v) is 13.4. The molecule has 3 N–H and O–H groups in total. The summed E-state index contributed by atoms with van der Waals surface area (Å²) in [6, 6.07) is 18.0. The van der Waals surface area contributed by atoms with Gasteiger partial charge in [0.1, 0.15) is 17.5 Å². The highest BCUT2D eigenvalue weighted by atomic mass is 32.2. The predicted octanol–water partition coefficient (Wildman–Crippen LogP) is 6.74. The molecule has 0 aliphatic rings. The van der Waals surface area contributed by atoms with Crippen molar-refractivity contribution >= 4 is 45.2 Å². The standard InChI is InChI=1S/C29H30N4O2S/c1-4-24-21(12-14-30-18(2)19-8-11-27-23(15-19)28(36-3)17-35-27)22-16-20(9-10-25(22)33-24)32-29(34)26-7-5-6-13-31-26/h5-11,13,15-18,30,33H,4,12,14H2,1-3H3,(H,32,34). The maximum Gasteiger partial charge on any atom is 0.274 e. The van der Waals surface area contributed by atoms with Crippen molar-refractivity contribution in [2.24, 2.45) is 0 Å². The van der Waals surface area contributed by atoms with Gasteiger partial charge in [0.2, 0.25) is 0 Å². The normalized spacial score (nSPS) is 12.3. The van der Waals surface area contributed by atoms with Crippen LogP contribution < -0.4 is 10.6 Å². The molecule has 0 aliphatic carbocycles. The van der Waals surface area contributed by atoms with Gasteiger partial charge < -0.3 is 20.0 Å². The Kier molecular flexibility index (Phi) is 7.11. The summed E-state index contributed by atoms with van der Waals surface area (Å²) in [7, 11) is 0. The zero-order valence-corrected chi connectivity index (χ0v) is 21.5. The maximum absolute atomic E-state index is 12.6. The van der Waals surface area contributed by atoms with E-state index in [1.54, 1.807) is 30.1 Å². The molecule has 0 fully saturated rings. The Balaban J connectivity index is 1.31. The van der Waals surface area contributed by atoms with Crippen LogP contribution in [0.5, 0.6) is 0 Å². The van der Waals surface area contributed by atoms with Crippen LogP contribution in [0.3, 0.4) is 0 Å². The van der Waals surface area contributed by atoms with Crippen LogP contribution in [-0.2, 0) is 12.8 Å². The van der Waals surface area contributed by atoms with E-state index in [1.807, 2.05) is 24.5 Å². The highest BCUT2D eigenvalue weighted by molar-refractivity contribution is 7.98. The number of aromatic amines is 1. The Labute approximate surface area is 214 Å². The predicted molar refractivity (Wildman–Crippen MR) is 148 cm³/mol. The van der Waals surface area contributed by atoms with Crippen molar-refractivity contribution in [1.82, 2.24) is 15.3 Å². The van der Waals surface area contributed by atoms with Crippen LogP contribution in [0.25, 0.3) is 21.9 Å². The lowest BCUT2D eigenvalue weighted by atomic mass is 10.0. The van der Waals surface area contributed by atoms with E-state index in [1.165, 1.54) is 22.2 Å². The molecule has 0 radical (unpaired) electrons. The third-order valence-corrected chi connectivity index (χ3v) is 7.37. The monoisotopic (exact) mass is 498 g/mol. The number of H-pyrrole nitrogens is 1. The molecular weight excluding hydrogens is 468 g/mol. The van der Waals surface area contributed by atoms with Gasteiger partial charge in [-0.2, -0.15) is 0 Å². The van der Waals surface area contributed by atoms with E-state index >= 15 is 0 Å². The molecule has 6 nitrogen and oxygen atoms in total. The topological polar surface area (TPSA) is 83.0 Å². The van der Waals surface area contributed by atoms with E-state index in [4.69, 9.17) is 4.42 Å². The average molecular weight is 499 g/mol. The minimum Gasteiger partial charge on any atom is -0.463 e. The number of fused-ring (bicyclic) bond motifs is 2. The summed E-state index contributed by atoms with van der Waals surface area (Å²) in [6.07, 6.45) is 7.33. The number of thioether (sulfide) groups is 1. The Morgan fingerprint density at radius 2 is 2.03 bits per heavy atom. The van der Waals surface area contributed by atoms with Crippen LogP contribution in [0.2, 0.25) is 0 Å². The van der Waals surface area contributed by atoms with Crippen LogP contribution in [0.4, 0.5) is 5.69 Å². The van der Waals surface area contributed by atoms with Gasteiger partial charge in [-0.25, -0.2) is 0 Å². The van der Waals surface area contributed by atoms with Gasteiger partial charge in [0.25, 0.3) is 5.91 Å². The van der Waals surface area contributed by atoms with Crippen LogP contribution >= 0.6 is 11.8 Å². The molecule has 0 aliphatic heterocycles. The van der Waals surface area contributed by atoms with Gasteiger partial charge in [-0.05, 0) is 86.2 Å². The molecule has 5 rings (SSSR count). The average Bonchev–Trinajstić information content (AvgIpc) is 3.49. The first-order chi connectivity index (χ1) is 17.6. The molecule has 3 aromatic heterocycles. The van der Waals surface area contributed by atoms with Gasteiger partial charge in [0.15, 0.2) is 0 Å². The third kappa shape index (κ3) is 4.90. The lowest BCUT2D eigenvalue weighted by Crippen LogP contribution is -2.21. The zero-order valence-electron chi connectivity index (χ0n) is 20.7. The van der Waals surface area contributed by atoms with Gasteiger partial charge in [0.05, 0.1) is 4.90 Å². The summed E-state index contributed by atoms with van der Waals surface area (Å²) in [4.78, 5) is 21.5. The Bertz CT molecular complexity index is 1510. The fourth-order valence-electron chi connectivity index (χ4n) is 4.64. The van der Waals surface area contributed by atoms with E-state index in [9.17, 15) is 4.79 Å². The number of aryl methyl sites for hydroxylation is 1. The molecule has 1 atom stereocenters. The number of carbonyl (C=O) groups excluding carboxylic acids is 1. The number of pyridine rings is 1. The number of carbonyl (C=O) groups is 1. The fourth-order valence-corrected chi connectivity index (χ4v) is 5.17. The Hall–Kier alpha value is -3.55. The Morgan fingerprint density at radius 3 is 2.81 bits per heavy atom. The van der Waals surface area contributed by atoms with Gasteiger partial charge in [-0.1, -0.05) is 19.1 Å². The van der Waals surface area contributed by atoms with Crippen LogP contribution in [0, 0.1) is 0 Å². The van der Waals surface area contributed by atoms with E-state index in [-0.39, 0.29) is 11.9 Å². The van der Waals surface area contributed by atoms with E-state index < -0.39 is 0 Å². The summed E-state index contributed by atoms with van der Waals surface area (Å²) in [6.45, 7) is 5.20. The molecule has 3 heterocycles. The third-order valence-electron chi connectivity index (χ3n) is 6.61. The van der Waals surface area contributed by atoms with Crippen LogP contribution in [0.1, 0.15) is 47.2 Å². The van der Waals surface area contributed by atoms with Gasteiger partial charge in [-0.15, -0.1) is 11.8 Å². The maximum atomic E-state index is 12.6. The minimum absolute atomic E-state index is 0.211. The molecule has 1 amide bonds. The smallest absolute Gasteiger partial charge is 0.274 e. The summed E-state index contributed by atoms with van der Waals surface area (Å²) in [5.41, 5.74) is 6.94. The fraction of sp³-hybridized carbons (Fsp3) is 0.241. The van der Waals surface area contributed by atoms with Crippen molar-refractivity contribution in [2.75, 3.05) is 18.1 Å². The van der Waals surface area contributed by atoms with Crippen molar-refractivity contribution in [1.29, 1.82) is 0 Å². The zero-order chi connectivity index (χ0) is 25.1. The molecule has 7 heteroatoms. The van der Waals surface area contributed by atoms with Crippen molar-refractivity contribution < 1.29 is 9.21 Å². The van der Waals surface area contributed by atoms with Crippen molar-refractivity contribution in [3.05, 3.63) is 89.6 Å². The molecule has 184 valence electrons. The molecule has 0 bridgehead atoms. The summed E-state index contributed by atoms with van der Waals surface area (Å²) in [5.74, 6) is -0.211. The van der Waals surface area contributed by atoms with E-state index in [2.05, 4.69) is 65.0 Å². The quantitative estimate of drug-likeness (QED) is 0.196. The molecule has 0 saturated carbocycles. The van der Waals surface area contributed by atoms with Crippen LogP contribution in [-0.4, -0.2) is 28.7 Å². The lowest BCUT2D eigenvalue weighted by Gasteiger charge is -2.15. The molecule has 2 aromatic carbocycles. The minimum atomic E-state index is -0.211.